The predicted molar refractivity (Wildman–Crippen MR) is 112 cm³/mol. The molecule has 0 spiro atoms. The monoisotopic (exact) mass is 471 g/mol. The number of carbonyl (C=O) groups is 1. The quantitative estimate of drug-likeness (QED) is 0.624. The van der Waals surface area contributed by atoms with Gasteiger partial charge in [0.15, 0.2) is 5.17 Å². The van der Waals surface area contributed by atoms with Gasteiger partial charge >= 0.3 is 0 Å². The van der Waals surface area contributed by atoms with Gasteiger partial charge in [0.1, 0.15) is 0 Å². The lowest BCUT2D eigenvalue weighted by Gasteiger charge is -2.30. The molecule has 1 aromatic rings. The van der Waals surface area contributed by atoms with Crippen LogP contribution in [-0.2, 0) is 14.8 Å². The predicted octanol–water partition coefficient (Wildman–Crippen LogP) is 3.80. The lowest BCUT2D eigenvalue weighted by molar-refractivity contribution is -0.124. The Morgan fingerprint density at radius 3 is 2.41 bits per heavy atom. The fourth-order valence-electron chi connectivity index (χ4n) is 3.20. The Bertz CT molecular complexity index is 874. The summed E-state index contributed by atoms with van der Waals surface area (Å²) in [5, 5.41) is 0.253. The van der Waals surface area contributed by atoms with Crippen LogP contribution in [0.1, 0.15) is 32.1 Å². The first kappa shape index (κ1) is 20.4. The van der Waals surface area contributed by atoms with Crippen LogP contribution in [0.25, 0.3) is 0 Å². The van der Waals surface area contributed by atoms with Crippen LogP contribution in [0.2, 0.25) is 0 Å². The molecule has 27 heavy (non-hydrogen) atoms. The first-order chi connectivity index (χ1) is 12.8. The highest BCUT2D eigenvalue weighted by Crippen LogP contribution is 2.37. The summed E-state index contributed by atoms with van der Waals surface area (Å²) in [5.41, 5.74) is 0. The second-order valence-corrected chi connectivity index (χ2v) is 10.4. The van der Waals surface area contributed by atoms with E-state index in [0.717, 1.165) is 48.3 Å². The number of rotatable bonds is 4. The van der Waals surface area contributed by atoms with E-state index < -0.39 is 10.0 Å². The normalized spacial score (nSPS) is 22.0. The smallest absolute Gasteiger partial charge is 0.284 e. The fourth-order valence-corrected chi connectivity index (χ4v) is 5.76. The number of thioether (sulfide) groups is 1. The molecule has 1 aromatic carbocycles. The molecule has 146 valence electrons. The van der Waals surface area contributed by atoms with Gasteiger partial charge in [-0.15, -0.1) is 4.40 Å². The lowest BCUT2D eigenvalue weighted by atomic mass is 9.94. The highest BCUT2D eigenvalue weighted by atomic mass is 79.9. The van der Waals surface area contributed by atoms with Gasteiger partial charge in [-0.2, -0.15) is 8.42 Å². The van der Waals surface area contributed by atoms with Crippen LogP contribution < -0.4 is 0 Å². The molecule has 9 heteroatoms. The van der Waals surface area contributed by atoms with E-state index in [-0.39, 0.29) is 22.0 Å². The minimum Gasteiger partial charge on any atom is -0.382 e. The van der Waals surface area contributed by atoms with Crippen molar-refractivity contribution in [2.45, 2.75) is 43.0 Å². The van der Waals surface area contributed by atoms with Crippen molar-refractivity contribution in [3.63, 3.8) is 0 Å². The Kier molecular flexibility index (Phi) is 6.32. The number of hydrogen-bond acceptors (Lipinski definition) is 5. The summed E-state index contributed by atoms with van der Waals surface area (Å²) in [6.07, 6.45) is 6.70. The lowest BCUT2D eigenvalue weighted by Crippen LogP contribution is -2.40. The number of carbonyl (C=O) groups excluding carboxylic acids is 1. The Morgan fingerprint density at radius 2 is 1.81 bits per heavy atom. The van der Waals surface area contributed by atoms with Crippen LogP contribution in [0.15, 0.2) is 49.1 Å². The van der Waals surface area contributed by atoms with Crippen molar-refractivity contribution >= 4 is 48.8 Å². The van der Waals surface area contributed by atoms with E-state index in [1.165, 1.54) is 12.1 Å². The molecular formula is C18H22BrN3O3S2. The number of nitrogens with zero attached hydrogens (tertiary/aromatic N) is 3. The third-order valence-corrected chi connectivity index (χ3v) is 7.36. The summed E-state index contributed by atoms with van der Waals surface area (Å²) in [5.74, 6) is -0.162. The zero-order chi connectivity index (χ0) is 19.6. The zero-order valence-corrected chi connectivity index (χ0v) is 18.5. The van der Waals surface area contributed by atoms with E-state index in [1.54, 1.807) is 28.1 Å². The molecule has 1 amide bonds. The van der Waals surface area contributed by atoms with Gasteiger partial charge < -0.3 is 4.90 Å². The molecule has 1 heterocycles. The first-order valence-corrected chi connectivity index (χ1v) is 11.8. The maximum absolute atomic E-state index is 12.9. The Balaban J connectivity index is 1.99. The number of amidine groups is 1. The Labute approximate surface area is 172 Å². The molecule has 0 atom stereocenters. The summed E-state index contributed by atoms with van der Waals surface area (Å²) in [6, 6.07) is 6.34. The molecule has 1 aliphatic heterocycles. The molecule has 1 aliphatic carbocycles. The summed E-state index contributed by atoms with van der Waals surface area (Å²) < 4.78 is 30.4. The van der Waals surface area contributed by atoms with Crippen molar-refractivity contribution in [1.82, 2.24) is 9.80 Å². The molecule has 0 aromatic heterocycles. The molecule has 6 nitrogen and oxygen atoms in total. The SMILES string of the molecule is CN(C)C=C1SC(=NS(=O)(=O)c2ccc(Br)cc2)N(C2CCCCC2)C1=O. The Morgan fingerprint density at radius 1 is 1.19 bits per heavy atom. The van der Waals surface area contributed by atoms with Gasteiger partial charge in [0, 0.05) is 30.8 Å². The van der Waals surface area contributed by atoms with Crippen molar-refractivity contribution in [3.8, 4) is 0 Å². The molecule has 0 unspecified atom stereocenters. The van der Waals surface area contributed by atoms with Crippen LogP contribution in [0.3, 0.4) is 0 Å². The van der Waals surface area contributed by atoms with E-state index in [9.17, 15) is 13.2 Å². The van der Waals surface area contributed by atoms with E-state index in [1.807, 2.05) is 14.1 Å². The maximum Gasteiger partial charge on any atom is 0.284 e. The van der Waals surface area contributed by atoms with Gasteiger partial charge in [0.05, 0.1) is 9.80 Å². The fraction of sp³-hybridized carbons (Fsp3) is 0.444. The van der Waals surface area contributed by atoms with E-state index in [2.05, 4.69) is 20.3 Å². The maximum atomic E-state index is 12.9. The van der Waals surface area contributed by atoms with E-state index >= 15 is 0 Å². The third kappa shape index (κ3) is 4.75. The molecule has 0 radical (unpaired) electrons. The molecule has 1 saturated carbocycles. The standard InChI is InChI=1S/C18H22BrN3O3S2/c1-21(2)12-16-17(23)22(14-6-4-3-5-7-14)18(26-16)20-27(24,25)15-10-8-13(19)9-11-15/h8-12,14H,3-7H2,1-2H3. The highest BCUT2D eigenvalue weighted by molar-refractivity contribution is 9.10. The number of halogens is 1. The van der Waals surface area contributed by atoms with Crippen molar-refractivity contribution < 1.29 is 13.2 Å². The zero-order valence-electron chi connectivity index (χ0n) is 15.3. The summed E-state index contributed by atoms with van der Waals surface area (Å²) in [6.45, 7) is 0. The summed E-state index contributed by atoms with van der Waals surface area (Å²) in [7, 11) is -0.230. The van der Waals surface area contributed by atoms with Crippen molar-refractivity contribution in [3.05, 3.63) is 39.8 Å². The number of hydrogen-bond donors (Lipinski definition) is 0. The molecule has 2 aliphatic rings. The van der Waals surface area contributed by atoms with Gasteiger partial charge in [-0.1, -0.05) is 35.2 Å². The second kappa shape index (κ2) is 8.36. The third-order valence-electron chi connectivity index (χ3n) is 4.46. The van der Waals surface area contributed by atoms with E-state index in [4.69, 9.17) is 0 Å². The minimum absolute atomic E-state index is 0.00526. The summed E-state index contributed by atoms with van der Waals surface area (Å²) >= 11 is 4.43. The molecule has 0 N–H and O–H groups in total. The van der Waals surface area contributed by atoms with Crippen LogP contribution in [0, 0.1) is 0 Å². The molecular weight excluding hydrogens is 450 g/mol. The summed E-state index contributed by atoms with van der Waals surface area (Å²) in [4.78, 5) is 16.9. The number of amides is 1. The number of sulfonamides is 1. The van der Waals surface area contributed by atoms with Gasteiger partial charge in [0.2, 0.25) is 0 Å². The van der Waals surface area contributed by atoms with Crippen LogP contribution in [0.5, 0.6) is 0 Å². The highest BCUT2D eigenvalue weighted by Gasteiger charge is 2.40. The van der Waals surface area contributed by atoms with Crippen LogP contribution >= 0.6 is 27.7 Å². The molecule has 0 bridgehead atoms. The van der Waals surface area contributed by atoms with Crippen molar-refractivity contribution in [2.75, 3.05) is 14.1 Å². The van der Waals surface area contributed by atoms with Crippen molar-refractivity contribution in [1.29, 1.82) is 0 Å². The average Bonchev–Trinajstić information content (AvgIpc) is 2.90. The first-order valence-electron chi connectivity index (χ1n) is 8.78. The molecule has 3 rings (SSSR count). The average molecular weight is 472 g/mol. The van der Waals surface area contributed by atoms with Crippen molar-refractivity contribution in [2.24, 2.45) is 4.40 Å². The number of benzene rings is 1. The van der Waals surface area contributed by atoms with Crippen LogP contribution in [-0.4, -0.2) is 49.4 Å². The van der Waals surface area contributed by atoms with E-state index in [0.29, 0.717) is 4.91 Å². The topological polar surface area (TPSA) is 70.1 Å². The largest absolute Gasteiger partial charge is 0.382 e. The van der Waals surface area contributed by atoms with Gasteiger partial charge in [-0.25, -0.2) is 0 Å². The van der Waals surface area contributed by atoms with Gasteiger partial charge in [-0.3, -0.25) is 9.69 Å². The van der Waals surface area contributed by atoms with Gasteiger partial charge in [0.25, 0.3) is 15.9 Å². The van der Waals surface area contributed by atoms with Gasteiger partial charge in [-0.05, 0) is 48.9 Å². The second-order valence-electron chi connectivity index (χ2n) is 6.83. The van der Waals surface area contributed by atoms with Crippen LogP contribution in [0.4, 0.5) is 0 Å². The Hall–Kier alpha value is -1.32. The molecule has 2 fully saturated rings. The minimum atomic E-state index is -3.90. The molecule has 1 saturated heterocycles.